The molecule has 1 N–H and O–H groups in total. The molecule has 0 aliphatic heterocycles. The first-order valence-corrected chi connectivity index (χ1v) is 7.39. The molecule has 1 aromatic heterocycles. The third-order valence-corrected chi connectivity index (χ3v) is 2.79. The van der Waals surface area contributed by atoms with Gasteiger partial charge in [-0.3, -0.25) is 0 Å². The van der Waals surface area contributed by atoms with Crippen LogP contribution in [0.4, 0.5) is 5.82 Å². The van der Waals surface area contributed by atoms with E-state index in [1.54, 1.807) is 7.11 Å². The molecule has 0 radical (unpaired) electrons. The molecular weight excluding hydrogens is 254 g/mol. The van der Waals surface area contributed by atoms with Crippen LogP contribution >= 0.6 is 0 Å². The second kappa shape index (κ2) is 9.53. The highest BCUT2D eigenvalue weighted by atomic mass is 16.5. The van der Waals surface area contributed by atoms with Crippen molar-refractivity contribution in [3.05, 3.63) is 11.9 Å². The van der Waals surface area contributed by atoms with Gasteiger partial charge >= 0.3 is 0 Å². The molecule has 1 rings (SSSR count). The summed E-state index contributed by atoms with van der Waals surface area (Å²) in [6.07, 6.45) is 3.00. The van der Waals surface area contributed by atoms with Crippen LogP contribution in [0.15, 0.2) is 6.07 Å². The maximum atomic E-state index is 5.59. The van der Waals surface area contributed by atoms with E-state index in [-0.39, 0.29) is 0 Å². The van der Waals surface area contributed by atoms with Gasteiger partial charge in [-0.05, 0) is 18.8 Å². The lowest BCUT2D eigenvalue weighted by atomic mass is 10.1. The highest BCUT2D eigenvalue weighted by Crippen LogP contribution is 2.15. The first kappa shape index (κ1) is 16.7. The Morgan fingerprint density at radius 3 is 2.70 bits per heavy atom. The number of nitrogens with one attached hydrogen (secondary N) is 1. The second-order valence-corrected chi connectivity index (χ2v) is 5.21. The SMILES string of the molecule is CCCc1nc(NCCC(C)C)cc(OCCOC)n1. The first-order chi connectivity index (χ1) is 9.65. The van der Waals surface area contributed by atoms with Gasteiger partial charge in [-0.2, -0.15) is 4.98 Å². The fourth-order valence-electron chi connectivity index (χ4n) is 1.69. The van der Waals surface area contributed by atoms with Crippen LogP contribution in [0.25, 0.3) is 0 Å². The van der Waals surface area contributed by atoms with Crippen LogP contribution in [-0.4, -0.2) is 36.8 Å². The van der Waals surface area contributed by atoms with Crippen LogP contribution in [-0.2, 0) is 11.2 Å². The zero-order valence-corrected chi connectivity index (χ0v) is 13.1. The van der Waals surface area contributed by atoms with E-state index >= 15 is 0 Å². The Hall–Kier alpha value is -1.36. The molecule has 0 fully saturated rings. The summed E-state index contributed by atoms with van der Waals surface area (Å²) in [5.74, 6) is 2.97. The lowest BCUT2D eigenvalue weighted by Gasteiger charge is -2.11. The van der Waals surface area contributed by atoms with Crippen LogP contribution in [0.5, 0.6) is 5.88 Å². The number of ether oxygens (including phenoxy) is 2. The van der Waals surface area contributed by atoms with E-state index in [2.05, 4.69) is 36.1 Å². The maximum Gasteiger partial charge on any atom is 0.218 e. The average Bonchev–Trinajstić information content (AvgIpc) is 2.39. The molecule has 0 bridgehead atoms. The fraction of sp³-hybridized carbons (Fsp3) is 0.733. The van der Waals surface area contributed by atoms with Gasteiger partial charge in [0.25, 0.3) is 0 Å². The summed E-state index contributed by atoms with van der Waals surface area (Å²) in [7, 11) is 1.66. The summed E-state index contributed by atoms with van der Waals surface area (Å²) in [5, 5.41) is 3.34. The van der Waals surface area contributed by atoms with Gasteiger partial charge in [-0.25, -0.2) is 4.98 Å². The van der Waals surface area contributed by atoms with E-state index in [9.17, 15) is 0 Å². The number of aromatic nitrogens is 2. The summed E-state index contributed by atoms with van der Waals surface area (Å²) in [6.45, 7) is 8.52. The molecule has 20 heavy (non-hydrogen) atoms. The van der Waals surface area contributed by atoms with Crippen molar-refractivity contribution in [3.63, 3.8) is 0 Å². The predicted molar refractivity (Wildman–Crippen MR) is 81.3 cm³/mol. The monoisotopic (exact) mass is 281 g/mol. The van der Waals surface area contributed by atoms with Gasteiger partial charge in [0, 0.05) is 26.1 Å². The molecule has 1 aromatic rings. The number of rotatable bonds is 10. The van der Waals surface area contributed by atoms with Crippen molar-refractivity contribution in [1.29, 1.82) is 0 Å². The number of nitrogens with zero attached hydrogens (tertiary/aromatic N) is 2. The molecule has 0 aliphatic rings. The van der Waals surface area contributed by atoms with Gasteiger partial charge in [0.1, 0.15) is 18.2 Å². The Bertz CT molecular complexity index is 383. The van der Waals surface area contributed by atoms with Gasteiger partial charge in [0.15, 0.2) is 0 Å². The van der Waals surface area contributed by atoms with Crippen LogP contribution in [0, 0.1) is 5.92 Å². The molecule has 5 heteroatoms. The normalized spacial score (nSPS) is 10.8. The fourth-order valence-corrected chi connectivity index (χ4v) is 1.69. The van der Waals surface area contributed by atoms with Crippen LogP contribution < -0.4 is 10.1 Å². The Kier molecular flexibility index (Phi) is 7.95. The number of aryl methyl sites for hydroxylation is 1. The van der Waals surface area contributed by atoms with Crippen molar-refractivity contribution in [1.82, 2.24) is 9.97 Å². The number of anilines is 1. The highest BCUT2D eigenvalue weighted by Gasteiger charge is 2.05. The summed E-state index contributed by atoms with van der Waals surface area (Å²) < 4.78 is 10.6. The largest absolute Gasteiger partial charge is 0.475 e. The number of hydrogen-bond acceptors (Lipinski definition) is 5. The molecule has 0 unspecified atom stereocenters. The summed E-state index contributed by atoms with van der Waals surface area (Å²) in [6, 6.07) is 1.86. The minimum atomic E-state index is 0.504. The van der Waals surface area contributed by atoms with Crippen molar-refractivity contribution < 1.29 is 9.47 Å². The quantitative estimate of drug-likeness (QED) is 0.668. The molecule has 0 atom stereocenters. The van der Waals surface area contributed by atoms with Gasteiger partial charge < -0.3 is 14.8 Å². The van der Waals surface area contributed by atoms with E-state index in [1.807, 2.05) is 6.07 Å². The van der Waals surface area contributed by atoms with Gasteiger partial charge in [-0.15, -0.1) is 0 Å². The molecular formula is C15H27N3O2. The minimum absolute atomic E-state index is 0.504. The van der Waals surface area contributed by atoms with E-state index in [1.165, 1.54) is 0 Å². The Labute approximate surface area is 122 Å². The van der Waals surface area contributed by atoms with E-state index in [0.717, 1.165) is 37.4 Å². The lowest BCUT2D eigenvalue weighted by molar-refractivity contribution is 0.143. The Balaban J connectivity index is 2.65. The molecule has 0 aliphatic carbocycles. The molecule has 0 amide bonds. The molecule has 114 valence electrons. The number of hydrogen-bond donors (Lipinski definition) is 1. The standard InChI is InChI=1S/C15H27N3O2/c1-5-6-13-17-14(16-8-7-12(2)3)11-15(18-13)20-10-9-19-4/h11-12H,5-10H2,1-4H3,(H,16,17,18). The second-order valence-electron chi connectivity index (χ2n) is 5.21. The third kappa shape index (κ3) is 6.70. The van der Waals surface area contributed by atoms with Crippen LogP contribution in [0.3, 0.4) is 0 Å². The molecule has 1 heterocycles. The third-order valence-electron chi connectivity index (χ3n) is 2.79. The van der Waals surface area contributed by atoms with Gasteiger partial charge in [0.2, 0.25) is 5.88 Å². The molecule has 0 spiro atoms. The maximum absolute atomic E-state index is 5.59. The van der Waals surface area contributed by atoms with Crippen molar-refractivity contribution in [2.45, 2.75) is 40.0 Å². The van der Waals surface area contributed by atoms with Gasteiger partial charge in [0.05, 0.1) is 6.61 Å². The summed E-state index contributed by atoms with van der Waals surface area (Å²) in [4.78, 5) is 8.92. The Morgan fingerprint density at radius 1 is 1.25 bits per heavy atom. The van der Waals surface area contributed by atoms with Crippen LogP contribution in [0.2, 0.25) is 0 Å². The van der Waals surface area contributed by atoms with Gasteiger partial charge in [-0.1, -0.05) is 20.8 Å². The van der Waals surface area contributed by atoms with Crippen molar-refractivity contribution in [2.75, 3.05) is 32.2 Å². The average molecular weight is 281 g/mol. The zero-order valence-electron chi connectivity index (χ0n) is 13.1. The number of methoxy groups -OCH3 is 1. The van der Waals surface area contributed by atoms with E-state index in [4.69, 9.17) is 9.47 Å². The molecule has 0 aromatic carbocycles. The van der Waals surface area contributed by atoms with E-state index in [0.29, 0.717) is 25.0 Å². The van der Waals surface area contributed by atoms with E-state index < -0.39 is 0 Å². The summed E-state index contributed by atoms with van der Waals surface area (Å²) in [5.41, 5.74) is 0. The smallest absolute Gasteiger partial charge is 0.218 e. The minimum Gasteiger partial charge on any atom is -0.475 e. The van der Waals surface area contributed by atoms with Crippen molar-refractivity contribution in [3.8, 4) is 5.88 Å². The lowest BCUT2D eigenvalue weighted by Crippen LogP contribution is -2.11. The highest BCUT2D eigenvalue weighted by molar-refractivity contribution is 5.38. The molecule has 0 saturated heterocycles. The summed E-state index contributed by atoms with van der Waals surface area (Å²) >= 11 is 0. The molecule has 0 saturated carbocycles. The van der Waals surface area contributed by atoms with Crippen molar-refractivity contribution >= 4 is 5.82 Å². The van der Waals surface area contributed by atoms with Crippen molar-refractivity contribution in [2.24, 2.45) is 5.92 Å². The topological polar surface area (TPSA) is 56.3 Å². The predicted octanol–water partition coefficient (Wildman–Crippen LogP) is 2.91. The van der Waals surface area contributed by atoms with Crippen LogP contribution in [0.1, 0.15) is 39.4 Å². The zero-order chi connectivity index (χ0) is 14.8. The Morgan fingerprint density at radius 2 is 2.05 bits per heavy atom. The molecule has 5 nitrogen and oxygen atoms in total. The first-order valence-electron chi connectivity index (χ1n) is 7.39.